The van der Waals surface area contributed by atoms with Gasteiger partial charge in [-0.05, 0) is 36.2 Å². The van der Waals surface area contributed by atoms with E-state index < -0.39 is 12.0 Å². The topological polar surface area (TPSA) is 99.6 Å². The minimum absolute atomic E-state index is 0. The van der Waals surface area contributed by atoms with E-state index in [0.717, 1.165) is 28.2 Å². The van der Waals surface area contributed by atoms with Crippen molar-refractivity contribution >= 4 is 41.8 Å². The Morgan fingerprint density at radius 3 is 2.43 bits per heavy atom. The van der Waals surface area contributed by atoms with Gasteiger partial charge in [-0.15, -0.1) is 24.8 Å². The van der Waals surface area contributed by atoms with Gasteiger partial charge < -0.3 is 24.9 Å². The van der Waals surface area contributed by atoms with Gasteiger partial charge in [0.05, 0.1) is 18.1 Å². The van der Waals surface area contributed by atoms with Gasteiger partial charge in [0.2, 0.25) is 0 Å². The van der Waals surface area contributed by atoms with Crippen LogP contribution in [0.1, 0.15) is 11.4 Å². The zero-order chi connectivity index (χ0) is 18.7. The summed E-state index contributed by atoms with van der Waals surface area (Å²) in [5.41, 5.74) is 8.25. The number of carboxylic acids is 1. The number of aromatic nitrogens is 2. The number of hydrogen-bond acceptors (Lipinski definition) is 5. The van der Waals surface area contributed by atoms with Crippen molar-refractivity contribution in [1.82, 2.24) is 9.55 Å². The molecule has 0 unspecified atom stereocenters. The molecule has 9 heteroatoms. The van der Waals surface area contributed by atoms with Crippen molar-refractivity contribution in [1.29, 1.82) is 0 Å². The smallest absolute Gasteiger partial charge is 0.320 e. The number of aryl methyl sites for hydroxylation is 1. The third kappa shape index (κ3) is 5.28. The number of carboxylic acid groups (broad SMARTS) is 1. The lowest BCUT2D eigenvalue weighted by molar-refractivity contribution is -0.138. The third-order valence-corrected chi connectivity index (χ3v) is 4.24. The number of hydrogen-bond donors (Lipinski definition) is 2. The molecule has 28 heavy (non-hydrogen) atoms. The van der Waals surface area contributed by atoms with Gasteiger partial charge in [0.1, 0.15) is 30.0 Å². The quantitative estimate of drug-likeness (QED) is 0.600. The number of aliphatic carboxylic acids is 1. The Kier molecular flexibility index (Phi) is 8.56. The van der Waals surface area contributed by atoms with Crippen LogP contribution in [-0.2, 0) is 24.9 Å². The van der Waals surface area contributed by atoms with Gasteiger partial charge in [-0.3, -0.25) is 4.79 Å². The van der Waals surface area contributed by atoms with Crippen LogP contribution < -0.4 is 15.2 Å². The summed E-state index contributed by atoms with van der Waals surface area (Å²) in [5, 5.41) is 8.86. The standard InChI is InChI=1S/C19H21N3O4.2ClH/c1-22-17-10-14(25-2)7-8-16(17)21-18(22)11-26-13-5-3-12(4-6-13)9-15(20)19(23)24;;/h3-8,10,15H,9,11,20H2,1-2H3,(H,23,24);2*1H/t15-;;/m0../s1. The molecular formula is C19H23Cl2N3O4. The van der Waals surface area contributed by atoms with E-state index in [9.17, 15) is 4.79 Å². The molecule has 7 nitrogen and oxygen atoms in total. The van der Waals surface area contributed by atoms with E-state index in [0.29, 0.717) is 12.4 Å². The van der Waals surface area contributed by atoms with Gasteiger partial charge >= 0.3 is 5.97 Å². The number of halogens is 2. The molecule has 0 saturated carbocycles. The van der Waals surface area contributed by atoms with E-state index in [-0.39, 0.29) is 31.2 Å². The maximum atomic E-state index is 10.8. The second kappa shape index (κ2) is 10.2. The Morgan fingerprint density at radius 1 is 1.18 bits per heavy atom. The van der Waals surface area contributed by atoms with E-state index >= 15 is 0 Å². The van der Waals surface area contributed by atoms with Crippen molar-refractivity contribution in [2.75, 3.05) is 7.11 Å². The maximum absolute atomic E-state index is 10.8. The van der Waals surface area contributed by atoms with E-state index in [2.05, 4.69) is 4.98 Å². The molecule has 0 aliphatic rings. The zero-order valence-corrected chi connectivity index (χ0v) is 17.1. The molecule has 152 valence electrons. The number of ether oxygens (including phenoxy) is 2. The summed E-state index contributed by atoms with van der Waals surface area (Å²) in [5.74, 6) is 1.25. The summed E-state index contributed by atoms with van der Waals surface area (Å²) < 4.78 is 13.0. The first-order valence-corrected chi connectivity index (χ1v) is 8.17. The van der Waals surface area contributed by atoms with E-state index in [1.165, 1.54) is 0 Å². The summed E-state index contributed by atoms with van der Waals surface area (Å²) in [6.45, 7) is 0.321. The molecule has 3 aromatic rings. The number of fused-ring (bicyclic) bond motifs is 1. The van der Waals surface area contributed by atoms with Crippen LogP contribution >= 0.6 is 24.8 Å². The Bertz CT molecular complexity index is 929. The van der Waals surface area contributed by atoms with Crippen LogP contribution in [0.4, 0.5) is 0 Å². The summed E-state index contributed by atoms with van der Waals surface area (Å²) in [6, 6.07) is 12.1. The van der Waals surface area contributed by atoms with Gasteiger partial charge in [0, 0.05) is 13.1 Å². The highest BCUT2D eigenvalue weighted by molar-refractivity contribution is 5.85. The second-order valence-electron chi connectivity index (χ2n) is 6.02. The molecule has 2 aromatic carbocycles. The number of nitrogens with two attached hydrogens (primary N) is 1. The Morgan fingerprint density at radius 2 is 1.82 bits per heavy atom. The molecule has 0 aliphatic carbocycles. The minimum atomic E-state index is -1.01. The Labute approximate surface area is 175 Å². The first-order chi connectivity index (χ1) is 12.5. The predicted octanol–water partition coefficient (Wildman–Crippen LogP) is 2.96. The van der Waals surface area contributed by atoms with E-state index in [1.807, 2.05) is 41.9 Å². The first kappa shape index (κ1) is 23.6. The third-order valence-electron chi connectivity index (χ3n) is 4.24. The van der Waals surface area contributed by atoms with Crippen LogP contribution in [0.2, 0.25) is 0 Å². The van der Waals surface area contributed by atoms with Crippen molar-refractivity contribution in [3.8, 4) is 11.5 Å². The summed E-state index contributed by atoms with van der Waals surface area (Å²) in [6.07, 6.45) is 0.280. The molecule has 1 heterocycles. The molecule has 1 aromatic heterocycles. The summed E-state index contributed by atoms with van der Waals surface area (Å²) in [7, 11) is 3.57. The highest BCUT2D eigenvalue weighted by Crippen LogP contribution is 2.22. The molecule has 0 bridgehead atoms. The molecule has 0 aliphatic heterocycles. The normalized spacial score (nSPS) is 11.2. The molecule has 0 radical (unpaired) electrons. The van der Waals surface area contributed by atoms with Gasteiger partial charge in [-0.25, -0.2) is 4.98 Å². The van der Waals surface area contributed by atoms with Crippen molar-refractivity contribution in [2.24, 2.45) is 12.8 Å². The van der Waals surface area contributed by atoms with Gasteiger partial charge in [0.25, 0.3) is 0 Å². The van der Waals surface area contributed by atoms with Gasteiger partial charge in [-0.1, -0.05) is 12.1 Å². The van der Waals surface area contributed by atoms with Crippen LogP contribution in [0, 0.1) is 0 Å². The molecule has 0 saturated heterocycles. The number of benzene rings is 2. The summed E-state index contributed by atoms with van der Waals surface area (Å²) >= 11 is 0. The van der Waals surface area contributed by atoms with Crippen LogP contribution in [0.15, 0.2) is 42.5 Å². The number of imidazole rings is 1. The fraction of sp³-hybridized carbons (Fsp3) is 0.263. The van der Waals surface area contributed by atoms with Gasteiger partial charge in [-0.2, -0.15) is 0 Å². The van der Waals surface area contributed by atoms with Crippen molar-refractivity contribution in [2.45, 2.75) is 19.1 Å². The van der Waals surface area contributed by atoms with Crippen LogP contribution in [-0.4, -0.2) is 33.8 Å². The maximum Gasteiger partial charge on any atom is 0.320 e. The molecule has 3 N–H and O–H groups in total. The summed E-state index contributed by atoms with van der Waals surface area (Å²) in [4.78, 5) is 15.4. The van der Waals surface area contributed by atoms with E-state index in [4.69, 9.17) is 20.3 Å². The highest BCUT2D eigenvalue weighted by atomic mass is 35.5. The molecule has 3 rings (SSSR count). The van der Waals surface area contributed by atoms with Crippen LogP contribution in [0.3, 0.4) is 0 Å². The fourth-order valence-electron chi connectivity index (χ4n) is 2.69. The Balaban J connectivity index is 0.00000196. The second-order valence-corrected chi connectivity index (χ2v) is 6.02. The molecular weight excluding hydrogens is 405 g/mol. The highest BCUT2D eigenvalue weighted by Gasteiger charge is 2.12. The Hall–Kier alpha value is -2.48. The lowest BCUT2D eigenvalue weighted by Gasteiger charge is -2.09. The monoisotopic (exact) mass is 427 g/mol. The van der Waals surface area contributed by atoms with Crippen LogP contribution in [0.5, 0.6) is 11.5 Å². The SMILES string of the molecule is COc1ccc2nc(COc3ccc(C[C@H](N)C(=O)O)cc3)n(C)c2c1.Cl.Cl. The largest absolute Gasteiger partial charge is 0.497 e. The molecule has 0 fully saturated rings. The van der Waals surface area contributed by atoms with Crippen molar-refractivity contribution < 1.29 is 19.4 Å². The predicted molar refractivity (Wildman–Crippen MR) is 112 cm³/mol. The molecule has 0 amide bonds. The van der Waals surface area contributed by atoms with Gasteiger partial charge in [0.15, 0.2) is 0 Å². The number of methoxy groups -OCH3 is 1. The average molecular weight is 428 g/mol. The zero-order valence-electron chi connectivity index (χ0n) is 15.5. The average Bonchev–Trinajstić information content (AvgIpc) is 2.96. The first-order valence-electron chi connectivity index (χ1n) is 8.17. The fourth-order valence-corrected chi connectivity index (χ4v) is 2.69. The lowest BCUT2D eigenvalue weighted by atomic mass is 10.1. The molecule has 1 atom stereocenters. The number of nitrogens with zero attached hydrogens (tertiary/aromatic N) is 2. The minimum Gasteiger partial charge on any atom is -0.497 e. The molecule has 0 spiro atoms. The van der Waals surface area contributed by atoms with Crippen molar-refractivity contribution in [3.63, 3.8) is 0 Å². The van der Waals surface area contributed by atoms with E-state index in [1.54, 1.807) is 19.2 Å². The lowest BCUT2D eigenvalue weighted by Crippen LogP contribution is -2.32. The van der Waals surface area contributed by atoms with Crippen LogP contribution in [0.25, 0.3) is 11.0 Å². The van der Waals surface area contributed by atoms with Crippen molar-refractivity contribution in [3.05, 3.63) is 53.9 Å². The number of carbonyl (C=O) groups is 1. The number of rotatable bonds is 7.